The number of halogens is 1. The molecule has 0 fully saturated rings. The Bertz CT molecular complexity index is 909. The Morgan fingerprint density at radius 2 is 1.50 bits per heavy atom. The fourth-order valence-electron chi connectivity index (χ4n) is 3.86. The van der Waals surface area contributed by atoms with Crippen LogP contribution in [0.4, 0.5) is 17.1 Å². The Labute approximate surface area is 172 Å². The highest BCUT2D eigenvalue weighted by molar-refractivity contribution is 14.0. The molecule has 0 bridgehead atoms. The fraction of sp³-hybridized carbons (Fsp3) is 0.182. The summed E-state index contributed by atoms with van der Waals surface area (Å²) >= 11 is 0. The van der Waals surface area contributed by atoms with Crippen LogP contribution in [0.3, 0.4) is 0 Å². The van der Waals surface area contributed by atoms with Gasteiger partial charge in [0.05, 0.1) is 6.04 Å². The molecule has 0 spiro atoms. The van der Waals surface area contributed by atoms with Gasteiger partial charge in [-0.2, -0.15) is 0 Å². The lowest BCUT2D eigenvalue weighted by molar-refractivity contribution is 0.683. The molecule has 0 saturated heterocycles. The Kier molecular flexibility index (Phi) is 5.41. The van der Waals surface area contributed by atoms with Crippen molar-refractivity contribution in [2.24, 2.45) is 0 Å². The molecule has 4 rings (SSSR count). The van der Waals surface area contributed by atoms with Gasteiger partial charge in [0.1, 0.15) is 0 Å². The molecule has 1 heterocycles. The lowest BCUT2D eigenvalue weighted by Crippen LogP contribution is -2.33. The zero-order chi connectivity index (χ0) is 17.4. The van der Waals surface area contributed by atoms with E-state index < -0.39 is 0 Å². The van der Waals surface area contributed by atoms with Gasteiger partial charge in [-0.1, -0.05) is 49.4 Å². The second kappa shape index (κ2) is 7.58. The van der Waals surface area contributed by atoms with E-state index in [1.807, 2.05) is 12.1 Å². The molecule has 1 unspecified atom stereocenters. The van der Waals surface area contributed by atoms with Crippen molar-refractivity contribution in [1.29, 1.82) is 0 Å². The molecule has 26 heavy (non-hydrogen) atoms. The van der Waals surface area contributed by atoms with Crippen molar-refractivity contribution in [2.45, 2.75) is 19.4 Å². The number of hydrogen-bond donors (Lipinski definition) is 2. The number of anilines is 3. The van der Waals surface area contributed by atoms with Gasteiger partial charge in [-0.25, -0.2) is 0 Å². The van der Waals surface area contributed by atoms with Gasteiger partial charge in [0, 0.05) is 29.2 Å². The number of nitrogens with two attached hydrogens (primary N) is 2. The van der Waals surface area contributed by atoms with Crippen LogP contribution >= 0.6 is 24.0 Å². The van der Waals surface area contributed by atoms with Crippen molar-refractivity contribution in [1.82, 2.24) is 0 Å². The zero-order valence-electron chi connectivity index (χ0n) is 14.9. The number of nitrogens with zero attached hydrogens (tertiary/aromatic N) is 1. The van der Waals surface area contributed by atoms with Gasteiger partial charge in [-0.05, 0) is 47.4 Å². The highest BCUT2D eigenvalue weighted by Gasteiger charge is 2.31. The summed E-state index contributed by atoms with van der Waals surface area (Å²) in [6.07, 6.45) is 1.06. The Hall–Kier alpha value is -2.21. The van der Waals surface area contributed by atoms with Crippen LogP contribution in [0, 0.1) is 0 Å². The van der Waals surface area contributed by atoms with Gasteiger partial charge in [-0.15, -0.1) is 24.0 Å². The van der Waals surface area contributed by atoms with Crippen molar-refractivity contribution in [3.8, 4) is 11.1 Å². The first kappa shape index (κ1) is 18.6. The maximum absolute atomic E-state index is 6.15. The molecule has 1 aliphatic rings. The molecule has 1 aliphatic heterocycles. The maximum atomic E-state index is 6.15. The molecule has 0 radical (unpaired) electrons. The number of fused-ring (bicyclic) bond motifs is 3. The largest absolute Gasteiger partial charge is 0.399 e. The van der Waals surface area contributed by atoms with E-state index in [-0.39, 0.29) is 30.0 Å². The summed E-state index contributed by atoms with van der Waals surface area (Å²) in [5, 5.41) is 0. The van der Waals surface area contributed by atoms with E-state index in [0.717, 1.165) is 24.3 Å². The monoisotopic (exact) mass is 457 g/mol. The van der Waals surface area contributed by atoms with Crippen LogP contribution in [0.15, 0.2) is 66.7 Å². The third-order valence-electron chi connectivity index (χ3n) is 4.88. The number of hydrogen-bond acceptors (Lipinski definition) is 3. The molecule has 134 valence electrons. The third kappa shape index (κ3) is 3.14. The van der Waals surface area contributed by atoms with Crippen LogP contribution in [0.25, 0.3) is 11.1 Å². The minimum absolute atomic E-state index is 0. The lowest BCUT2D eigenvalue weighted by atomic mass is 9.84. The van der Waals surface area contributed by atoms with Crippen molar-refractivity contribution in [3.63, 3.8) is 0 Å². The maximum Gasteiger partial charge on any atom is 0.0802 e. The molecule has 0 saturated carbocycles. The van der Waals surface area contributed by atoms with Crippen LogP contribution < -0.4 is 16.4 Å². The summed E-state index contributed by atoms with van der Waals surface area (Å²) in [6.45, 7) is 3.17. The van der Waals surface area contributed by atoms with Crippen molar-refractivity contribution >= 4 is 41.0 Å². The van der Waals surface area contributed by atoms with E-state index in [4.69, 9.17) is 11.5 Å². The van der Waals surface area contributed by atoms with E-state index in [1.165, 1.54) is 27.9 Å². The lowest BCUT2D eigenvalue weighted by Gasteiger charge is -2.41. The van der Waals surface area contributed by atoms with Crippen LogP contribution in [0.5, 0.6) is 0 Å². The van der Waals surface area contributed by atoms with Crippen molar-refractivity contribution in [2.75, 3.05) is 22.9 Å². The van der Waals surface area contributed by atoms with Gasteiger partial charge in [-0.3, -0.25) is 0 Å². The fourth-order valence-corrected chi connectivity index (χ4v) is 3.86. The molecule has 3 nitrogen and oxygen atoms in total. The summed E-state index contributed by atoms with van der Waals surface area (Å²) in [5.74, 6) is 0. The standard InChI is InChI=1S/C22H23N3.HI/c1-2-12-25-21-14-17(24)9-11-19(21)18-10-8-16(23)13-20(18)22(25)15-6-4-3-5-7-15;/h3-11,13-14,22H,2,12,23-24H2,1H3;1H. The summed E-state index contributed by atoms with van der Waals surface area (Å²) in [4.78, 5) is 2.46. The quantitative estimate of drug-likeness (QED) is 0.406. The van der Waals surface area contributed by atoms with E-state index in [9.17, 15) is 0 Å². The second-order valence-corrected chi connectivity index (χ2v) is 6.63. The van der Waals surface area contributed by atoms with Gasteiger partial charge < -0.3 is 16.4 Å². The van der Waals surface area contributed by atoms with E-state index in [2.05, 4.69) is 66.4 Å². The average molecular weight is 457 g/mol. The highest BCUT2D eigenvalue weighted by atomic mass is 127. The van der Waals surface area contributed by atoms with Gasteiger partial charge in [0.25, 0.3) is 0 Å². The molecule has 1 atom stereocenters. The minimum atomic E-state index is 0. The number of nitrogen functional groups attached to an aromatic ring is 2. The van der Waals surface area contributed by atoms with Crippen molar-refractivity contribution < 1.29 is 0 Å². The summed E-state index contributed by atoms with van der Waals surface area (Å²) in [5.41, 5.74) is 20.1. The highest BCUT2D eigenvalue weighted by Crippen LogP contribution is 2.48. The Morgan fingerprint density at radius 3 is 2.19 bits per heavy atom. The first-order valence-corrected chi connectivity index (χ1v) is 8.80. The average Bonchev–Trinajstić information content (AvgIpc) is 2.62. The summed E-state index contributed by atoms with van der Waals surface area (Å²) in [7, 11) is 0. The molecule has 0 amide bonds. The van der Waals surface area contributed by atoms with Gasteiger partial charge in [0.2, 0.25) is 0 Å². The molecular weight excluding hydrogens is 433 g/mol. The van der Waals surface area contributed by atoms with Gasteiger partial charge in [0.15, 0.2) is 0 Å². The molecule has 3 aromatic carbocycles. The minimum Gasteiger partial charge on any atom is -0.399 e. The predicted octanol–water partition coefficient (Wildman–Crippen LogP) is 5.46. The molecule has 3 aromatic rings. The van der Waals surface area contributed by atoms with Gasteiger partial charge >= 0.3 is 0 Å². The number of benzene rings is 3. The topological polar surface area (TPSA) is 55.3 Å². The smallest absolute Gasteiger partial charge is 0.0802 e. The molecule has 0 aromatic heterocycles. The van der Waals surface area contributed by atoms with E-state index >= 15 is 0 Å². The van der Waals surface area contributed by atoms with Crippen LogP contribution in [-0.2, 0) is 0 Å². The summed E-state index contributed by atoms with van der Waals surface area (Å²) < 4.78 is 0. The van der Waals surface area contributed by atoms with Crippen LogP contribution in [0.1, 0.15) is 30.5 Å². The predicted molar refractivity (Wildman–Crippen MR) is 122 cm³/mol. The van der Waals surface area contributed by atoms with E-state index in [1.54, 1.807) is 0 Å². The van der Waals surface area contributed by atoms with Crippen LogP contribution in [0.2, 0.25) is 0 Å². The summed E-state index contributed by atoms with van der Waals surface area (Å²) in [6, 6.07) is 23.2. The zero-order valence-corrected chi connectivity index (χ0v) is 17.2. The van der Waals surface area contributed by atoms with E-state index in [0.29, 0.717) is 0 Å². The second-order valence-electron chi connectivity index (χ2n) is 6.63. The SMILES string of the molecule is CCCN1c2cc(N)ccc2-c2ccc(N)cc2C1c1ccccc1.I. The molecule has 4 heteroatoms. The Morgan fingerprint density at radius 1 is 0.846 bits per heavy atom. The Balaban J connectivity index is 0.00000196. The normalized spacial score (nSPS) is 15.0. The molecule has 4 N–H and O–H groups in total. The molecular formula is C22H24IN3. The van der Waals surface area contributed by atoms with Crippen molar-refractivity contribution in [3.05, 3.63) is 77.9 Å². The van der Waals surface area contributed by atoms with Crippen LogP contribution in [-0.4, -0.2) is 6.54 Å². The molecule has 0 aliphatic carbocycles. The first-order chi connectivity index (χ1) is 12.2. The third-order valence-corrected chi connectivity index (χ3v) is 4.88. The first-order valence-electron chi connectivity index (χ1n) is 8.80. The number of rotatable bonds is 3.